The maximum atomic E-state index is 10.5. The SMILES string of the molecule is CN=C(NN)N(C)C1CCC(NC(=O)O)CC1. The van der Waals surface area contributed by atoms with E-state index < -0.39 is 6.09 Å². The predicted molar refractivity (Wildman–Crippen MR) is 65.6 cm³/mol. The van der Waals surface area contributed by atoms with Crippen molar-refractivity contribution in [2.75, 3.05) is 14.1 Å². The summed E-state index contributed by atoms with van der Waals surface area (Å²) < 4.78 is 0. The third kappa shape index (κ3) is 3.77. The first kappa shape index (κ1) is 13.6. The normalized spacial score (nSPS) is 25.2. The van der Waals surface area contributed by atoms with Gasteiger partial charge in [0.05, 0.1) is 0 Å². The van der Waals surface area contributed by atoms with Crippen LogP contribution in [-0.2, 0) is 0 Å². The van der Waals surface area contributed by atoms with Crippen LogP contribution in [0, 0.1) is 0 Å². The van der Waals surface area contributed by atoms with Crippen molar-refractivity contribution in [2.24, 2.45) is 10.8 Å². The van der Waals surface area contributed by atoms with E-state index in [1.807, 2.05) is 11.9 Å². The van der Waals surface area contributed by atoms with Crippen LogP contribution in [0.5, 0.6) is 0 Å². The Bertz CT molecular complexity index is 286. The molecule has 1 saturated carbocycles. The Hall–Kier alpha value is -1.50. The molecule has 1 aliphatic carbocycles. The van der Waals surface area contributed by atoms with Crippen molar-refractivity contribution in [3.8, 4) is 0 Å². The van der Waals surface area contributed by atoms with Crippen LogP contribution < -0.4 is 16.6 Å². The maximum Gasteiger partial charge on any atom is 0.404 e. The highest BCUT2D eigenvalue weighted by Crippen LogP contribution is 2.22. The van der Waals surface area contributed by atoms with Crippen LogP contribution in [0.1, 0.15) is 25.7 Å². The molecular weight excluding hydrogens is 222 g/mol. The van der Waals surface area contributed by atoms with Crippen molar-refractivity contribution >= 4 is 12.1 Å². The number of rotatable bonds is 2. The fourth-order valence-corrected chi connectivity index (χ4v) is 2.28. The maximum absolute atomic E-state index is 10.5. The van der Waals surface area contributed by atoms with E-state index in [4.69, 9.17) is 10.9 Å². The fourth-order valence-electron chi connectivity index (χ4n) is 2.28. The largest absolute Gasteiger partial charge is 0.465 e. The number of nitrogens with two attached hydrogens (primary N) is 1. The quantitative estimate of drug-likeness (QED) is 0.235. The Kier molecular flexibility index (Phi) is 5.02. The van der Waals surface area contributed by atoms with E-state index in [0.29, 0.717) is 12.0 Å². The van der Waals surface area contributed by atoms with Crippen molar-refractivity contribution in [1.29, 1.82) is 0 Å². The third-order valence-corrected chi connectivity index (χ3v) is 3.25. The topological polar surface area (TPSA) is 103 Å². The van der Waals surface area contributed by atoms with E-state index in [9.17, 15) is 4.79 Å². The third-order valence-electron chi connectivity index (χ3n) is 3.25. The molecule has 0 saturated heterocycles. The van der Waals surface area contributed by atoms with Crippen LogP contribution in [0.2, 0.25) is 0 Å². The number of nitrogens with zero attached hydrogens (tertiary/aromatic N) is 2. The number of carboxylic acid groups (broad SMARTS) is 1. The molecule has 5 N–H and O–H groups in total. The summed E-state index contributed by atoms with van der Waals surface area (Å²) in [6.45, 7) is 0. The van der Waals surface area contributed by atoms with Gasteiger partial charge in [0.1, 0.15) is 0 Å². The summed E-state index contributed by atoms with van der Waals surface area (Å²) in [5, 5.41) is 11.2. The summed E-state index contributed by atoms with van der Waals surface area (Å²) in [6, 6.07) is 0.432. The summed E-state index contributed by atoms with van der Waals surface area (Å²) in [4.78, 5) is 16.6. The van der Waals surface area contributed by atoms with Crippen LogP contribution in [0.4, 0.5) is 4.79 Å². The minimum absolute atomic E-state index is 0.0741. The van der Waals surface area contributed by atoms with Gasteiger partial charge >= 0.3 is 6.09 Å². The van der Waals surface area contributed by atoms with E-state index in [0.717, 1.165) is 25.7 Å². The highest BCUT2D eigenvalue weighted by Gasteiger charge is 2.26. The van der Waals surface area contributed by atoms with Crippen molar-refractivity contribution in [3.05, 3.63) is 0 Å². The molecule has 0 spiro atoms. The summed E-state index contributed by atoms with van der Waals surface area (Å²) in [7, 11) is 3.63. The van der Waals surface area contributed by atoms with E-state index in [2.05, 4.69) is 15.7 Å². The molecule has 1 rings (SSSR count). The standard InChI is InChI=1S/C10H21N5O2/c1-12-9(14-11)15(2)8-5-3-7(4-6-8)13-10(16)17/h7-8,13H,3-6,11H2,1-2H3,(H,12,14)(H,16,17). The van der Waals surface area contributed by atoms with Gasteiger partial charge in [-0.1, -0.05) is 0 Å². The number of amides is 1. The molecule has 0 bridgehead atoms. The molecule has 7 nitrogen and oxygen atoms in total. The Morgan fingerprint density at radius 2 is 2.00 bits per heavy atom. The number of hydrogen-bond acceptors (Lipinski definition) is 3. The predicted octanol–water partition coefficient (Wildman–Crippen LogP) is -0.0539. The Balaban J connectivity index is 2.43. The van der Waals surface area contributed by atoms with Gasteiger partial charge in [-0.25, -0.2) is 10.6 Å². The van der Waals surface area contributed by atoms with Gasteiger partial charge < -0.3 is 15.3 Å². The molecule has 1 amide bonds. The van der Waals surface area contributed by atoms with E-state index >= 15 is 0 Å². The first-order valence-electron chi connectivity index (χ1n) is 5.74. The Morgan fingerprint density at radius 3 is 2.41 bits per heavy atom. The molecule has 0 aromatic heterocycles. The Morgan fingerprint density at radius 1 is 1.41 bits per heavy atom. The van der Waals surface area contributed by atoms with Gasteiger partial charge in [-0.3, -0.25) is 10.4 Å². The van der Waals surface area contributed by atoms with Crippen molar-refractivity contribution < 1.29 is 9.90 Å². The number of hydrogen-bond donors (Lipinski definition) is 4. The second-order valence-corrected chi connectivity index (χ2v) is 4.26. The van der Waals surface area contributed by atoms with Crippen molar-refractivity contribution in [2.45, 2.75) is 37.8 Å². The van der Waals surface area contributed by atoms with Crippen LogP contribution in [0.25, 0.3) is 0 Å². The molecule has 1 aliphatic rings. The molecule has 0 unspecified atom stereocenters. The van der Waals surface area contributed by atoms with Crippen LogP contribution >= 0.6 is 0 Å². The zero-order valence-corrected chi connectivity index (χ0v) is 10.3. The van der Waals surface area contributed by atoms with E-state index in [-0.39, 0.29) is 6.04 Å². The smallest absolute Gasteiger partial charge is 0.404 e. The molecule has 0 heterocycles. The lowest BCUT2D eigenvalue weighted by atomic mass is 9.90. The molecule has 0 aliphatic heterocycles. The number of guanidine groups is 1. The van der Waals surface area contributed by atoms with Gasteiger partial charge in [0.25, 0.3) is 0 Å². The summed E-state index contributed by atoms with van der Waals surface area (Å²) in [5.74, 6) is 6.02. The minimum atomic E-state index is -0.943. The number of carbonyl (C=O) groups is 1. The second kappa shape index (κ2) is 6.29. The first-order chi connectivity index (χ1) is 8.08. The van der Waals surface area contributed by atoms with Crippen LogP contribution in [0.15, 0.2) is 4.99 Å². The fraction of sp³-hybridized carbons (Fsp3) is 0.800. The molecule has 0 aromatic rings. The van der Waals surface area contributed by atoms with Gasteiger partial charge in [-0.15, -0.1) is 0 Å². The van der Waals surface area contributed by atoms with Crippen molar-refractivity contribution in [3.63, 3.8) is 0 Å². The average Bonchev–Trinajstić information content (AvgIpc) is 2.30. The highest BCUT2D eigenvalue weighted by atomic mass is 16.4. The molecule has 1 fully saturated rings. The molecule has 0 atom stereocenters. The number of hydrazine groups is 1. The zero-order chi connectivity index (χ0) is 12.8. The van der Waals surface area contributed by atoms with Crippen LogP contribution in [-0.4, -0.2) is 48.2 Å². The molecular formula is C10H21N5O2. The molecule has 0 radical (unpaired) electrons. The first-order valence-corrected chi connectivity index (χ1v) is 5.74. The lowest BCUT2D eigenvalue weighted by Crippen LogP contribution is -2.50. The lowest BCUT2D eigenvalue weighted by molar-refractivity contribution is 0.178. The van der Waals surface area contributed by atoms with Gasteiger partial charge in [0.15, 0.2) is 0 Å². The zero-order valence-electron chi connectivity index (χ0n) is 10.3. The van der Waals surface area contributed by atoms with Gasteiger partial charge in [-0.2, -0.15) is 0 Å². The van der Waals surface area contributed by atoms with Gasteiger partial charge in [-0.05, 0) is 25.7 Å². The second-order valence-electron chi connectivity index (χ2n) is 4.26. The van der Waals surface area contributed by atoms with Crippen LogP contribution in [0.3, 0.4) is 0 Å². The molecule has 98 valence electrons. The number of aliphatic imine (C=N–C) groups is 1. The van der Waals surface area contributed by atoms with Gasteiger partial charge in [0, 0.05) is 26.2 Å². The van der Waals surface area contributed by atoms with E-state index in [1.54, 1.807) is 7.05 Å². The minimum Gasteiger partial charge on any atom is -0.465 e. The average molecular weight is 243 g/mol. The van der Waals surface area contributed by atoms with Gasteiger partial charge in [0.2, 0.25) is 5.96 Å². The summed E-state index contributed by atoms with van der Waals surface area (Å²) in [5.41, 5.74) is 2.56. The molecule has 17 heavy (non-hydrogen) atoms. The van der Waals surface area contributed by atoms with Crippen molar-refractivity contribution in [1.82, 2.24) is 15.6 Å². The molecule has 7 heteroatoms. The lowest BCUT2D eigenvalue weighted by Gasteiger charge is -2.35. The number of nitrogens with one attached hydrogen (secondary N) is 2. The molecule has 0 aromatic carbocycles. The monoisotopic (exact) mass is 243 g/mol. The van der Waals surface area contributed by atoms with E-state index in [1.165, 1.54) is 0 Å². The summed E-state index contributed by atoms with van der Waals surface area (Å²) in [6.07, 6.45) is 2.62. The highest BCUT2D eigenvalue weighted by molar-refractivity contribution is 5.79. The summed E-state index contributed by atoms with van der Waals surface area (Å²) >= 11 is 0. The Labute approximate surface area is 101 Å².